The van der Waals surface area contributed by atoms with E-state index in [4.69, 9.17) is 0 Å². The van der Waals surface area contributed by atoms with Crippen LogP contribution in [0.15, 0.2) is 36.6 Å². The minimum atomic E-state index is 0.107. The van der Waals surface area contributed by atoms with Crippen LogP contribution in [0.2, 0.25) is 0 Å². The number of carbonyl (C=O) groups excluding carboxylic acids is 2. The summed E-state index contributed by atoms with van der Waals surface area (Å²) in [7, 11) is 0. The summed E-state index contributed by atoms with van der Waals surface area (Å²) in [5.74, 6) is 0.107. The number of allylic oxidation sites excluding steroid dienone is 3. The van der Waals surface area contributed by atoms with Crippen molar-refractivity contribution in [1.29, 1.82) is 0 Å². The van der Waals surface area contributed by atoms with Crippen LogP contribution in [-0.2, 0) is 9.59 Å². The Bertz CT molecular complexity index is 398. The first-order valence-corrected chi connectivity index (χ1v) is 8.56. The van der Waals surface area contributed by atoms with Crippen LogP contribution in [0.1, 0.15) is 58.8 Å². The standard InChI is InChI=1S/C19H32N2O2/c1-4-12-18(21-17(2)3)13-9-10-15-20-19(23)14-8-6-5-7-11-16-22/h4,9,12-13,16-17,21H,1,5-8,10-11,14-15H2,2-3H3,(H,20,23)/b13-9-,18-12+. The van der Waals surface area contributed by atoms with Gasteiger partial charge in [0.25, 0.3) is 0 Å². The van der Waals surface area contributed by atoms with E-state index in [1.807, 2.05) is 18.2 Å². The SMILES string of the molecule is C=C/C=C(\C=C/CCNC(=O)CCCCCCC=O)NC(C)C. The summed E-state index contributed by atoms with van der Waals surface area (Å²) in [4.78, 5) is 21.8. The van der Waals surface area contributed by atoms with E-state index >= 15 is 0 Å². The highest BCUT2D eigenvalue weighted by atomic mass is 16.1. The number of hydrogen-bond donors (Lipinski definition) is 2. The van der Waals surface area contributed by atoms with E-state index in [9.17, 15) is 9.59 Å². The normalized spacial score (nSPS) is 11.7. The number of rotatable bonds is 14. The lowest BCUT2D eigenvalue weighted by Crippen LogP contribution is -2.23. The van der Waals surface area contributed by atoms with Crippen molar-refractivity contribution in [2.24, 2.45) is 0 Å². The predicted octanol–water partition coefficient (Wildman–Crippen LogP) is 3.66. The molecule has 1 amide bonds. The zero-order valence-corrected chi connectivity index (χ0v) is 14.6. The smallest absolute Gasteiger partial charge is 0.220 e. The van der Waals surface area contributed by atoms with Crippen LogP contribution in [-0.4, -0.2) is 24.8 Å². The van der Waals surface area contributed by atoms with Crippen molar-refractivity contribution in [1.82, 2.24) is 10.6 Å². The third-order valence-electron chi connectivity index (χ3n) is 3.16. The molecule has 0 aromatic rings. The largest absolute Gasteiger partial charge is 0.383 e. The first-order chi connectivity index (χ1) is 11.1. The highest BCUT2D eigenvalue weighted by Crippen LogP contribution is 2.04. The molecule has 4 nitrogen and oxygen atoms in total. The molecule has 0 bridgehead atoms. The monoisotopic (exact) mass is 320 g/mol. The molecule has 0 saturated carbocycles. The molecule has 0 saturated heterocycles. The third-order valence-corrected chi connectivity index (χ3v) is 3.16. The topological polar surface area (TPSA) is 58.2 Å². The van der Waals surface area contributed by atoms with E-state index < -0.39 is 0 Å². The number of carbonyl (C=O) groups is 2. The number of amides is 1. The molecule has 0 aliphatic carbocycles. The maximum Gasteiger partial charge on any atom is 0.220 e. The van der Waals surface area contributed by atoms with Gasteiger partial charge in [0.2, 0.25) is 5.91 Å². The van der Waals surface area contributed by atoms with E-state index in [0.717, 1.165) is 44.1 Å². The van der Waals surface area contributed by atoms with Crippen LogP contribution in [0.4, 0.5) is 0 Å². The van der Waals surface area contributed by atoms with Crippen molar-refractivity contribution in [3.63, 3.8) is 0 Å². The summed E-state index contributed by atoms with van der Waals surface area (Å²) in [6.45, 7) is 8.53. The summed E-state index contributed by atoms with van der Waals surface area (Å²) < 4.78 is 0. The molecule has 0 aliphatic rings. The van der Waals surface area contributed by atoms with Gasteiger partial charge in [-0.1, -0.05) is 31.6 Å². The van der Waals surface area contributed by atoms with Crippen molar-refractivity contribution < 1.29 is 9.59 Å². The van der Waals surface area contributed by atoms with Gasteiger partial charge in [-0.25, -0.2) is 0 Å². The average Bonchev–Trinajstić information content (AvgIpc) is 2.50. The zero-order chi connectivity index (χ0) is 17.3. The molecule has 0 fully saturated rings. The molecule has 0 rings (SSSR count). The van der Waals surface area contributed by atoms with E-state index in [0.29, 0.717) is 25.4 Å². The Hall–Kier alpha value is -1.84. The summed E-state index contributed by atoms with van der Waals surface area (Å²) in [6.07, 6.45) is 14.6. The predicted molar refractivity (Wildman–Crippen MR) is 97.1 cm³/mol. The van der Waals surface area contributed by atoms with Crippen molar-refractivity contribution in [3.05, 3.63) is 36.6 Å². The van der Waals surface area contributed by atoms with Crippen LogP contribution >= 0.6 is 0 Å². The van der Waals surface area contributed by atoms with Gasteiger partial charge in [-0.2, -0.15) is 0 Å². The molecule has 130 valence electrons. The number of hydrogen-bond acceptors (Lipinski definition) is 3. The number of nitrogens with one attached hydrogen (secondary N) is 2. The molecule has 0 aromatic carbocycles. The molecule has 0 atom stereocenters. The first kappa shape index (κ1) is 21.2. The Morgan fingerprint density at radius 2 is 1.87 bits per heavy atom. The second-order valence-corrected chi connectivity index (χ2v) is 5.82. The summed E-state index contributed by atoms with van der Waals surface area (Å²) >= 11 is 0. The second kappa shape index (κ2) is 15.1. The summed E-state index contributed by atoms with van der Waals surface area (Å²) in [5, 5.41) is 6.25. The second-order valence-electron chi connectivity index (χ2n) is 5.82. The van der Waals surface area contributed by atoms with Crippen LogP contribution in [0, 0.1) is 0 Å². The zero-order valence-electron chi connectivity index (χ0n) is 14.6. The van der Waals surface area contributed by atoms with E-state index in [-0.39, 0.29) is 5.91 Å². The maximum absolute atomic E-state index is 11.6. The fourth-order valence-corrected chi connectivity index (χ4v) is 2.07. The van der Waals surface area contributed by atoms with Gasteiger partial charge in [0.1, 0.15) is 6.29 Å². The summed E-state index contributed by atoms with van der Waals surface area (Å²) in [6, 6.07) is 0.372. The van der Waals surface area contributed by atoms with Gasteiger partial charge in [0.05, 0.1) is 0 Å². The molecule has 23 heavy (non-hydrogen) atoms. The minimum absolute atomic E-state index is 0.107. The quantitative estimate of drug-likeness (QED) is 0.292. The van der Waals surface area contributed by atoms with Gasteiger partial charge >= 0.3 is 0 Å². The van der Waals surface area contributed by atoms with Gasteiger partial charge in [0, 0.05) is 31.1 Å². The lowest BCUT2D eigenvalue weighted by atomic mass is 10.1. The van der Waals surface area contributed by atoms with Crippen molar-refractivity contribution >= 4 is 12.2 Å². The first-order valence-electron chi connectivity index (χ1n) is 8.56. The van der Waals surface area contributed by atoms with Crippen molar-refractivity contribution in [2.75, 3.05) is 6.54 Å². The molecule has 4 heteroatoms. The Balaban J connectivity index is 3.74. The Morgan fingerprint density at radius 1 is 1.13 bits per heavy atom. The fourth-order valence-electron chi connectivity index (χ4n) is 2.07. The molecule has 0 aliphatic heterocycles. The number of unbranched alkanes of at least 4 members (excludes halogenated alkanes) is 4. The molecule has 0 heterocycles. The van der Waals surface area contributed by atoms with Crippen molar-refractivity contribution in [2.45, 2.75) is 64.8 Å². The Morgan fingerprint density at radius 3 is 2.52 bits per heavy atom. The Kier molecular flexibility index (Phi) is 13.9. The molecule has 0 spiro atoms. The third kappa shape index (κ3) is 14.8. The van der Waals surface area contributed by atoms with Crippen LogP contribution in [0.3, 0.4) is 0 Å². The lowest BCUT2D eigenvalue weighted by molar-refractivity contribution is -0.121. The molecule has 2 N–H and O–H groups in total. The van der Waals surface area contributed by atoms with Crippen LogP contribution in [0.5, 0.6) is 0 Å². The van der Waals surface area contributed by atoms with Gasteiger partial charge in [0.15, 0.2) is 0 Å². The summed E-state index contributed by atoms with van der Waals surface area (Å²) in [5.41, 5.74) is 1.02. The lowest BCUT2D eigenvalue weighted by Gasteiger charge is -2.10. The highest BCUT2D eigenvalue weighted by molar-refractivity contribution is 5.75. The molecular weight excluding hydrogens is 288 g/mol. The molecule has 0 radical (unpaired) electrons. The van der Waals surface area contributed by atoms with E-state index in [2.05, 4.69) is 31.1 Å². The average molecular weight is 320 g/mol. The van der Waals surface area contributed by atoms with Crippen molar-refractivity contribution in [3.8, 4) is 0 Å². The van der Waals surface area contributed by atoms with Gasteiger partial charge in [-0.15, -0.1) is 0 Å². The van der Waals surface area contributed by atoms with Gasteiger partial charge in [-0.05, 0) is 45.3 Å². The molecule has 0 aromatic heterocycles. The molecular formula is C19H32N2O2. The van der Waals surface area contributed by atoms with E-state index in [1.165, 1.54) is 0 Å². The maximum atomic E-state index is 11.6. The molecule has 0 unspecified atom stereocenters. The van der Waals surface area contributed by atoms with Crippen LogP contribution in [0.25, 0.3) is 0 Å². The minimum Gasteiger partial charge on any atom is -0.383 e. The highest BCUT2D eigenvalue weighted by Gasteiger charge is 1.99. The number of aldehydes is 1. The van der Waals surface area contributed by atoms with Gasteiger partial charge < -0.3 is 15.4 Å². The Labute approximate surface area is 141 Å². The van der Waals surface area contributed by atoms with Crippen LogP contribution < -0.4 is 10.6 Å². The fraction of sp³-hybridized carbons (Fsp3) is 0.579. The van der Waals surface area contributed by atoms with Gasteiger partial charge in [-0.3, -0.25) is 4.79 Å². The van der Waals surface area contributed by atoms with E-state index in [1.54, 1.807) is 6.08 Å².